The molecule has 0 N–H and O–H groups in total. The van der Waals surface area contributed by atoms with Crippen molar-refractivity contribution in [1.29, 1.82) is 0 Å². The van der Waals surface area contributed by atoms with Gasteiger partial charge in [0.2, 0.25) is 0 Å². The number of rotatable bonds is 3. The summed E-state index contributed by atoms with van der Waals surface area (Å²) in [6.07, 6.45) is 7.71. The number of aromatic nitrogens is 2. The maximum absolute atomic E-state index is 4.40. The third-order valence-electron chi connectivity index (χ3n) is 2.82. The van der Waals surface area contributed by atoms with Crippen LogP contribution >= 0.6 is 0 Å². The molecular formula is C11H16N2. The van der Waals surface area contributed by atoms with Crippen LogP contribution in [-0.2, 0) is 0 Å². The highest BCUT2D eigenvalue weighted by atomic mass is 14.9. The van der Waals surface area contributed by atoms with Gasteiger partial charge < -0.3 is 0 Å². The van der Waals surface area contributed by atoms with E-state index in [1.807, 2.05) is 12.4 Å². The van der Waals surface area contributed by atoms with Crippen molar-refractivity contribution < 1.29 is 0 Å². The minimum Gasteiger partial charge on any atom is -0.241 e. The molecule has 0 amide bonds. The van der Waals surface area contributed by atoms with Gasteiger partial charge in [-0.2, -0.15) is 0 Å². The summed E-state index contributed by atoms with van der Waals surface area (Å²) < 4.78 is 0. The third-order valence-corrected chi connectivity index (χ3v) is 2.82. The van der Waals surface area contributed by atoms with E-state index >= 15 is 0 Å². The molecular weight excluding hydrogens is 160 g/mol. The zero-order chi connectivity index (χ0) is 9.26. The lowest BCUT2D eigenvalue weighted by Gasteiger charge is -2.07. The molecule has 1 aliphatic carbocycles. The van der Waals surface area contributed by atoms with E-state index in [1.165, 1.54) is 18.4 Å². The van der Waals surface area contributed by atoms with Gasteiger partial charge in [0.25, 0.3) is 0 Å². The molecule has 1 fully saturated rings. The third kappa shape index (κ3) is 1.87. The first-order valence-electron chi connectivity index (χ1n) is 5.13. The van der Waals surface area contributed by atoms with Crippen molar-refractivity contribution in [3.63, 3.8) is 0 Å². The maximum Gasteiger partial charge on any atom is 0.131 e. The number of nitrogens with zero attached hydrogens (tertiary/aromatic N) is 2. The SMILES string of the molecule is CCC(C)c1cnc(C2CC2)nc1. The van der Waals surface area contributed by atoms with Crippen LogP contribution in [0.15, 0.2) is 12.4 Å². The molecule has 0 aliphatic heterocycles. The molecule has 13 heavy (non-hydrogen) atoms. The summed E-state index contributed by atoms with van der Waals surface area (Å²) in [5, 5.41) is 0. The second-order valence-corrected chi connectivity index (χ2v) is 3.96. The van der Waals surface area contributed by atoms with Crippen LogP contribution in [0.1, 0.15) is 56.3 Å². The standard InChI is InChI=1S/C11H16N2/c1-3-8(2)10-6-12-11(13-7-10)9-4-5-9/h6-9H,3-5H2,1-2H3. The molecule has 1 atom stereocenters. The zero-order valence-electron chi connectivity index (χ0n) is 8.33. The Kier molecular flexibility index (Phi) is 2.30. The predicted molar refractivity (Wildman–Crippen MR) is 52.7 cm³/mol. The van der Waals surface area contributed by atoms with E-state index in [0.29, 0.717) is 11.8 Å². The van der Waals surface area contributed by atoms with Crippen LogP contribution in [-0.4, -0.2) is 9.97 Å². The second-order valence-electron chi connectivity index (χ2n) is 3.96. The molecule has 70 valence electrons. The van der Waals surface area contributed by atoms with Crippen molar-refractivity contribution >= 4 is 0 Å². The Morgan fingerprint density at radius 1 is 1.38 bits per heavy atom. The molecule has 0 aromatic carbocycles. The van der Waals surface area contributed by atoms with Crippen molar-refractivity contribution in [3.8, 4) is 0 Å². The average Bonchev–Trinajstić information content (AvgIpc) is 3.00. The molecule has 2 rings (SSSR count). The molecule has 0 radical (unpaired) electrons. The first kappa shape index (κ1) is 8.67. The van der Waals surface area contributed by atoms with Crippen LogP contribution < -0.4 is 0 Å². The lowest BCUT2D eigenvalue weighted by atomic mass is 10.0. The quantitative estimate of drug-likeness (QED) is 0.707. The Morgan fingerprint density at radius 3 is 2.46 bits per heavy atom. The summed E-state index contributed by atoms with van der Waals surface area (Å²) in [6.45, 7) is 4.41. The van der Waals surface area contributed by atoms with E-state index in [9.17, 15) is 0 Å². The summed E-state index contributed by atoms with van der Waals surface area (Å²) in [4.78, 5) is 8.80. The molecule has 0 spiro atoms. The van der Waals surface area contributed by atoms with Crippen molar-refractivity contribution in [2.45, 2.75) is 44.9 Å². The second kappa shape index (κ2) is 3.44. The Hall–Kier alpha value is -0.920. The van der Waals surface area contributed by atoms with Crippen LogP contribution in [0, 0.1) is 0 Å². The van der Waals surface area contributed by atoms with Crippen molar-refractivity contribution in [2.75, 3.05) is 0 Å². The number of hydrogen-bond acceptors (Lipinski definition) is 2. The minimum atomic E-state index is 0.591. The smallest absolute Gasteiger partial charge is 0.131 e. The van der Waals surface area contributed by atoms with Gasteiger partial charge in [0, 0.05) is 18.3 Å². The van der Waals surface area contributed by atoms with Gasteiger partial charge in [-0.15, -0.1) is 0 Å². The minimum absolute atomic E-state index is 0.591. The first-order valence-corrected chi connectivity index (χ1v) is 5.13. The number of hydrogen-bond donors (Lipinski definition) is 0. The fraction of sp³-hybridized carbons (Fsp3) is 0.636. The highest BCUT2D eigenvalue weighted by molar-refractivity contribution is 5.13. The molecule has 1 aromatic rings. The molecule has 1 unspecified atom stereocenters. The molecule has 0 saturated heterocycles. The molecule has 1 aromatic heterocycles. The van der Waals surface area contributed by atoms with Gasteiger partial charge in [-0.1, -0.05) is 13.8 Å². The Labute approximate surface area is 79.4 Å². The largest absolute Gasteiger partial charge is 0.241 e. The van der Waals surface area contributed by atoms with Gasteiger partial charge in [0.1, 0.15) is 5.82 Å². The average molecular weight is 176 g/mol. The summed E-state index contributed by atoms with van der Waals surface area (Å²) >= 11 is 0. The summed E-state index contributed by atoms with van der Waals surface area (Å²) in [5.74, 6) is 2.31. The first-order chi connectivity index (χ1) is 6.31. The summed E-state index contributed by atoms with van der Waals surface area (Å²) in [5.41, 5.74) is 1.27. The normalized spacial score (nSPS) is 18.6. The van der Waals surface area contributed by atoms with Crippen LogP contribution in [0.5, 0.6) is 0 Å². The molecule has 2 nitrogen and oxygen atoms in total. The topological polar surface area (TPSA) is 25.8 Å². The van der Waals surface area contributed by atoms with Crippen molar-refractivity contribution in [3.05, 3.63) is 23.8 Å². The van der Waals surface area contributed by atoms with Crippen molar-refractivity contribution in [1.82, 2.24) is 9.97 Å². The monoisotopic (exact) mass is 176 g/mol. The fourth-order valence-electron chi connectivity index (χ4n) is 1.39. The van der Waals surface area contributed by atoms with Gasteiger partial charge in [0.15, 0.2) is 0 Å². The van der Waals surface area contributed by atoms with Gasteiger partial charge >= 0.3 is 0 Å². The summed E-state index contributed by atoms with van der Waals surface area (Å²) in [7, 11) is 0. The van der Waals surface area contributed by atoms with Crippen molar-refractivity contribution in [2.24, 2.45) is 0 Å². The Balaban J connectivity index is 2.12. The lowest BCUT2D eigenvalue weighted by Crippen LogP contribution is -1.97. The van der Waals surface area contributed by atoms with E-state index in [1.54, 1.807) is 0 Å². The van der Waals surface area contributed by atoms with Crippen LogP contribution in [0.4, 0.5) is 0 Å². The summed E-state index contributed by atoms with van der Waals surface area (Å²) in [6, 6.07) is 0. The van der Waals surface area contributed by atoms with Crippen LogP contribution in [0.3, 0.4) is 0 Å². The highest BCUT2D eigenvalue weighted by Gasteiger charge is 2.26. The molecule has 1 heterocycles. The highest BCUT2D eigenvalue weighted by Crippen LogP contribution is 2.37. The zero-order valence-corrected chi connectivity index (χ0v) is 8.33. The van der Waals surface area contributed by atoms with Gasteiger partial charge in [0.05, 0.1) is 0 Å². The molecule has 1 aliphatic rings. The van der Waals surface area contributed by atoms with Gasteiger partial charge in [-0.25, -0.2) is 9.97 Å². The van der Waals surface area contributed by atoms with Gasteiger partial charge in [-0.3, -0.25) is 0 Å². The molecule has 0 bridgehead atoms. The van der Waals surface area contributed by atoms with E-state index in [-0.39, 0.29) is 0 Å². The predicted octanol–water partition coefficient (Wildman–Crippen LogP) is 2.87. The Bertz CT molecular complexity index is 275. The van der Waals surface area contributed by atoms with E-state index in [2.05, 4.69) is 23.8 Å². The van der Waals surface area contributed by atoms with E-state index in [4.69, 9.17) is 0 Å². The molecule has 2 heteroatoms. The van der Waals surface area contributed by atoms with Crippen LogP contribution in [0.25, 0.3) is 0 Å². The van der Waals surface area contributed by atoms with E-state index < -0.39 is 0 Å². The fourth-order valence-corrected chi connectivity index (χ4v) is 1.39. The lowest BCUT2D eigenvalue weighted by molar-refractivity contribution is 0.718. The van der Waals surface area contributed by atoms with Gasteiger partial charge in [-0.05, 0) is 30.7 Å². The van der Waals surface area contributed by atoms with Crippen LogP contribution in [0.2, 0.25) is 0 Å². The molecule has 1 saturated carbocycles. The maximum atomic E-state index is 4.40. The Morgan fingerprint density at radius 2 is 2.00 bits per heavy atom. The van der Waals surface area contributed by atoms with E-state index in [0.717, 1.165) is 12.2 Å².